The van der Waals surface area contributed by atoms with Crippen LogP contribution < -0.4 is 9.47 Å². The van der Waals surface area contributed by atoms with Gasteiger partial charge in [-0.25, -0.2) is 0 Å². The zero-order valence-electron chi connectivity index (χ0n) is 18.6. The summed E-state index contributed by atoms with van der Waals surface area (Å²) in [6.45, 7) is 0.817. The fourth-order valence-corrected chi connectivity index (χ4v) is 3.77. The van der Waals surface area contributed by atoms with Crippen LogP contribution in [0, 0.1) is 10.1 Å². The molecule has 0 aromatic heterocycles. The average Bonchev–Trinajstić information content (AvgIpc) is 2.87. The first-order valence-corrected chi connectivity index (χ1v) is 12.4. The van der Waals surface area contributed by atoms with Crippen molar-refractivity contribution in [1.82, 2.24) is 0 Å². The van der Waals surface area contributed by atoms with Gasteiger partial charge in [0.25, 0.3) is 5.69 Å². The van der Waals surface area contributed by atoms with Gasteiger partial charge >= 0.3 is 0 Å². The fraction of sp³-hybridized carbons (Fsp3) is 0.0714. The van der Waals surface area contributed by atoms with Crippen molar-refractivity contribution in [2.75, 3.05) is 0 Å². The van der Waals surface area contributed by atoms with Gasteiger partial charge < -0.3 is 9.47 Å². The zero-order valence-corrected chi connectivity index (χ0v) is 21.7. The Hall–Kier alpha value is -3.42. The zero-order chi connectivity index (χ0) is 24.6. The molecule has 5 nitrogen and oxygen atoms in total. The van der Waals surface area contributed by atoms with E-state index in [0.29, 0.717) is 24.7 Å². The number of nitro groups is 1. The van der Waals surface area contributed by atoms with E-state index in [9.17, 15) is 10.1 Å². The molecule has 0 atom stereocenters. The fourth-order valence-electron chi connectivity index (χ4n) is 3.24. The molecule has 0 spiro atoms. The Morgan fingerprint density at radius 2 is 1.14 bits per heavy atom. The number of ether oxygens (including phenoxy) is 2. The van der Waals surface area contributed by atoms with Gasteiger partial charge in [-0.05, 0) is 70.8 Å². The van der Waals surface area contributed by atoms with Gasteiger partial charge in [-0.2, -0.15) is 0 Å². The summed E-state index contributed by atoms with van der Waals surface area (Å²) in [5.74, 6) is 1.29. The molecule has 0 aliphatic heterocycles. The Kier molecular flexibility index (Phi) is 8.34. The summed E-state index contributed by atoms with van der Waals surface area (Å²) in [6, 6.07) is 28.1. The minimum atomic E-state index is -0.407. The van der Waals surface area contributed by atoms with Gasteiger partial charge in [-0.3, -0.25) is 10.1 Å². The molecule has 176 valence electrons. The monoisotopic (exact) mass is 593 g/mol. The topological polar surface area (TPSA) is 61.6 Å². The molecule has 0 heterocycles. The van der Waals surface area contributed by atoms with Gasteiger partial charge in [-0.15, -0.1) is 0 Å². The van der Waals surface area contributed by atoms with Crippen molar-refractivity contribution in [3.8, 4) is 11.5 Å². The summed E-state index contributed by atoms with van der Waals surface area (Å²) in [4.78, 5) is 10.5. The molecule has 7 heteroatoms. The number of nitrogens with zero attached hydrogens (tertiary/aromatic N) is 1. The van der Waals surface area contributed by atoms with Crippen LogP contribution in [-0.4, -0.2) is 4.92 Å². The molecule has 0 aliphatic carbocycles. The third-order valence-corrected chi connectivity index (χ3v) is 6.21. The lowest BCUT2D eigenvalue weighted by molar-refractivity contribution is -0.384. The molecular formula is C28H21Br2NO4. The molecule has 0 aliphatic rings. The van der Waals surface area contributed by atoms with Gasteiger partial charge in [-0.1, -0.05) is 74.3 Å². The van der Waals surface area contributed by atoms with E-state index in [2.05, 4.69) is 31.9 Å². The standard InChI is InChI=1S/C28H21Br2NO4/c29-24-10-3-22(4-11-24)18-34-27-16-9-21(2-1-20-7-14-26(15-8-20)31(32)33)17-28(27)35-19-23-5-12-25(30)13-6-23/h1-17H,18-19H2/b2-1+. The molecule has 0 bridgehead atoms. The van der Waals surface area contributed by atoms with Crippen molar-refractivity contribution in [3.63, 3.8) is 0 Å². The summed E-state index contributed by atoms with van der Waals surface area (Å²) in [5, 5.41) is 10.9. The second-order valence-corrected chi connectivity index (χ2v) is 9.55. The molecule has 4 rings (SSSR count). The lowest BCUT2D eigenvalue weighted by Crippen LogP contribution is -2.01. The predicted molar refractivity (Wildman–Crippen MR) is 145 cm³/mol. The van der Waals surface area contributed by atoms with Gasteiger partial charge in [0.2, 0.25) is 0 Å². The number of rotatable bonds is 9. The summed E-state index contributed by atoms with van der Waals surface area (Å²) >= 11 is 6.90. The minimum Gasteiger partial charge on any atom is -0.485 e. The molecule has 0 fully saturated rings. The van der Waals surface area contributed by atoms with Crippen molar-refractivity contribution in [1.29, 1.82) is 0 Å². The highest BCUT2D eigenvalue weighted by molar-refractivity contribution is 9.10. The molecule has 0 saturated heterocycles. The molecular weight excluding hydrogens is 574 g/mol. The molecule has 35 heavy (non-hydrogen) atoms. The van der Waals surface area contributed by atoms with Crippen molar-refractivity contribution in [2.24, 2.45) is 0 Å². The van der Waals surface area contributed by atoms with E-state index in [-0.39, 0.29) is 5.69 Å². The first kappa shape index (κ1) is 24.7. The van der Waals surface area contributed by atoms with Gasteiger partial charge in [0.15, 0.2) is 11.5 Å². The van der Waals surface area contributed by atoms with Crippen LogP contribution in [0.3, 0.4) is 0 Å². The van der Waals surface area contributed by atoms with Crippen LogP contribution >= 0.6 is 31.9 Å². The van der Waals surface area contributed by atoms with E-state index in [4.69, 9.17) is 9.47 Å². The molecule has 4 aromatic carbocycles. The van der Waals surface area contributed by atoms with Crippen LogP contribution in [0.15, 0.2) is 99.9 Å². The summed E-state index contributed by atoms with van der Waals surface area (Å²) < 4.78 is 14.3. The van der Waals surface area contributed by atoms with Crippen LogP contribution in [0.2, 0.25) is 0 Å². The highest BCUT2D eigenvalue weighted by Crippen LogP contribution is 2.31. The SMILES string of the molecule is O=[N+]([O-])c1ccc(/C=C/c2ccc(OCc3ccc(Br)cc3)c(OCc3ccc(Br)cc3)c2)cc1. The number of non-ortho nitro benzene ring substituents is 1. The smallest absolute Gasteiger partial charge is 0.269 e. The summed E-state index contributed by atoms with van der Waals surface area (Å²) in [7, 11) is 0. The van der Waals surface area contributed by atoms with E-state index < -0.39 is 4.92 Å². The van der Waals surface area contributed by atoms with E-state index >= 15 is 0 Å². The van der Waals surface area contributed by atoms with Gasteiger partial charge in [0.1, 0.15) is 13.2 Å². The second-order valence-electron chi connectivity index (χ2n) is 7.72. The van der Waals surface area contributed by atoms with Crippen LogP contribution in [0.5, 0.6) is 11.5 Å². The molecule has 0 saturated carbocycles. The predicted octanol–water partition coefficient (Wildman–Crippen LogP) is 8.45. The second kappa shape index (κ2) is 11.8. The average molecular weight is 595 g/mol. The van der Waals surface area contributed by atoms with Crippen LogP contribution in [-0.2, 0) is 13.2 Å². The first-order valence-electron chi connectivity index (χ1n) is 10.8. The maximum atomic E-state index is 10.9. The van der Waals surface area contributed by atoms with E-state index in [1.807, 2.05) is 78.9 Å². The normalized spacial score (nSPS) is 10.9. The van der Waals surface area contributed by atoms with Crippen LogP contribution in [0.1, 0.15) is 22.3 Å². The highest BCUT2D eigenvalue weighted by atomic mass is 79.9. The maximum absolute atomic E-state index is 10.9. The molecule has 0 N–H and O–H groups in total. The Morgan fingerprint density at radius 3 is 1.69 bits per heavy atom. The highest BCUT2D eigenvalue weighted by Gasteiger charge is 2.08. The summed E-state index contributed by atoms with van der Waals surface area (Å²) in [5.41, 5.74) is 3.94. The minimum absolute atomic E-state index is 0.0676. The van der Waals surface area contributed by atoms with Gasteiger partial charge in [0, 0.05) is 21.1 Å². The van der Waals surface area contributed by atoms with Crippen molar-refractivity contribution in [3.05, 3.63) is 132 Å². The third kappa shape index (κ3) is 7.28. The maximum Gasteiger partial charge on any atom is 0.269 e. The van der Waals surface area contributed by atoms with Crippen molar-refractivity contribution >= 4 is 49.7 Å². The van der Waals surface area contributed by atoms with Gasteiger partial charge in [0.05, 0.1) is 4.92 Å². The Bertz CT molecular complexity index is 1320. The molecule has 0 unspecified atom stereocenters. The number of nitro benzene ring substituents is 1. The van der Waals surface area contributed by atoms with Crippen LogP contribution in [0.4, 0.5) is 5.69 Å². The lowest BCUT2D eigenvalue weighted by atomic mass is 10.1. The summed E-state index contributed by atoms with van der Waals surface area (Å²) in [6.07, 6.45) is 3.84. The van der Waals surface area contributed by atoms with E-state index in [1.165, 1.54) is 12.1 Å². The van der Waals surface area contributed by atoms with E-state index in [1.54, 1.807) is 12.1 Å². The number of halogens is 2. The molecule has 0 radical (unpaired) electrons. The number of hydrogen-bond acceptors (Lipinski definition) is 4. The Morgan fingerprint density at radius 1 is 0.657 bits per heavy atom. The number of benzene rings is 4. The Balaban J connectivity index is 1.53. The van der Waals surface area contributed by atoms with Crippen molar-refractivity contribution < 1.29 is 14.4 Å². The quantitative estimate of drug-likeness (QED) is 0.111. The van der Waals surface area contributed by atoms with Crippen molar-refractivity contribution in [2.45, 2.75) is 13.2 Å². The van der Waals surface area contributed by atoms with Crippen LogP contribution in [0.25, 0.3) is 12.2 Å². The third-order valence-electron chi connectivity index (χ3n) is 5.16. The molecule has 0 amide bonds. The first-order chi connectivity index (χ1) is 17.0. The lowest BCUT2D eigenvalue weighted by Gasteiger charge is -2.14. The molecule has 4 aromatic rings. The van der Waals surface area contributed by atoms with E-state index in [0.717, 1.165) is 31.2 Å². The largest absolute Gasteiger partial charge is 0.485 e. The Labute approximate surface area is 220 Å². The number of hydrogen-bond donors (Lipinski definition) is 0.